The second-order valence-electron chi connectivity index (χ2n) is 3.18. The third-order valence-electron chi connectivity index (χ3n) is 2.13. The Kier molecular flexibility index (Phi) is 5.67. The first-order chi connectivity index (χ1) is 7.81. The predicted molar refractivity (Wildman–Crippen MR) is 60.9 cm³/mol. The lowest BCUT2D eigenvalue weighted by Crippen LogP contribution is -2.07. The fraction of sp³-hybridized carbons (Fsp3) is 0.500. The highest BCUT2D eigenvalue weighted by atomic mass is 16.5. The second kappa shape index (κ2) is 7.09. The monoisotopic (exact) mass is 226 g/mol. The maximum Gasteiger partial charge on any atom is 0.128 e. The second-order valence-corrected chi connectivity index (χ2v) is 3.18. The van der Waals surface area contributed by atoms with Crippen LogP contribution in [0.2, 0.25) is 0 Å². The maximum atomic E-state index is 9.13. The molecule has 0 unspecified atom stereocenters. The summed E-state index contributed by atoms with van der Waals surface area (Å²) in [5, 5.41) is 9.13. The van der Waals surface area contributed by atoms with Crippen molar-refractivity contribution < 1.29 is 19.3 Å². The van der Waals surface area contributed by atoms with E-state index in [0.717, 1.165) is 5.56 Å². The van der Waals surface area contributed by atoms with E-state index in [1.807, 2.05) is 6.92 Å². The summed E-state index contributed by atoms with van der Waals surface area (Å²) in [7, 11) is 1.60. The zero-order chi connectivity index (χ0) is 11.8. The van der Waals surface area contributed by atoms with Crippen LogP contribution in [0.3, 0.4) is 0 Å². The molecule has 0 aliphatic carbocycles. The van der Waals surface area contributed by atoms with Crippen molar-refractivity contribution >= 4 is 0 Å². The van der Waals surface area contributed by atoms with Crippen molar-refractivity contribution in [1.82, 2.24) is 0 Å². The van der Waals surface area contributed by atoms with Gasteiger partial charge in [-0.15, -0.1) is 0 Å². The van der Waals surface area contributed by atoms with Crippen molar-refractivity contribution in [3.05, 3.63) is 23.8 Å². The van der Waals surface area contributed by atoms with Crippen LogP contribution >= 0.6 is 0 Å². The molecule has 0 aromatic heterocycles. The molecule has 0 heterocycles. The molecule has 0 atom stereocenters. The largest absolute Gasteiger partial charge is 0.497 e. The number of methoxy groups -OCH3 is 1. The van der Waals surface area contributed by atoms with Gasteiger partial charge in [0, 0.05) is 18.2 Å². The van der Waals surface area contributed by atoms with E-state index in [4.69, 9.17) is 19.3 Å². The third-order valence-corrected chi connectivity index (χ3v) is 2.13. The average Bonchev–Trinajstić information content (AvgIpc) is 2.34. The van der Waals surface area contributed by atoms with Gasteiger partial charge >= 0.3 is 0 Å². The minimum absolute atomic E-state index is 0.0477. The number of ether oxygens (including phenoxy) is 3. The van der Waals surface area contributed by atoms with Crippen molar-refractivity contribution in [1.29, 1.82) is 0 Å². The molecule has 0 radical (unpaired) electrons. The van der Waals surface area contributed by atoms with Gasteiger partial charge in [0.25, 0.3) is 0 Å². The molecule has 0 saturated carbocycles. The van der Waals surface area contributed by atoms with E-state index < -0.39 is 0 Å². The molecule has 0 amide bonds. The van der Waals surface area contributed by atoms with Crippen molar-refractivity contribution in [3.8, 4) is 11.5 Å². The van der Waals surface area contributed by atoms with Crippen LogP contribution in [0.4, 0.5) is 0 Å². The molecule has 0 bridgehead atoms. The summed E-state index contributed by atoms with van der Waals surface area (Å²) in [5.74, 6) is 1.35. The Balaban J connectivity index is 2.60. The molecule has 1 N–H and O–H groups in total. The molecule has 0 aliphatic rings. The van der Waals surface area contributed by atoms with Gasteiger partial charge in [0.2, 0.25) is 0 Å². The predicted octanol–water partition coefficient (Wildman–Crippen LogP) is 1.60. The first kappa shape index (κ1) is 12.8. The van der Waals surface area contributed by atoms with Crippen molar-refractivity contribution in [2.24, 2.45) is 0 Å². The Bertz CT molecular complexity index is 312. The van der Waals surface area contributed by atoms with Crippen LogP contribution in [0.25, 0.3) is 0 Å². The lowest BCUT2D eigenvalue weighted by atomic mass is 10.2. The highest BCUT2D eigenvalue weighted by Crippen LogP contribution is 2.24. The molecule has 4 heteroatoms. The summed E-state index contributed by atoms with van der Waals surface area (Å²) < 4.78 is 15.8. The highest BCUT2D eigenvalue weighted by Gasteiger charge is 2.04. The standard InChI is InChI=1S/C12H18O4/c1-3-15-6-7-16-12-8-11(14-2)5-4-10(12)9-13/h4-5,8,13H,3,6-7,9H2,1-2H3. The van der Waals surface area contributed by atoms with Crippen molar-refractivity contribution in [3.63, 3.8) is 0 Å². The Morgan fingerprint density at radius 1 is 1.25 bits per heavy atom. The Morgan fingerprint density at radius 2 is 2.06 bits per heavy atom. The van der Waals surface area contributed by atoms with Crippen molar-refractivity contribution in [2.45, 2.75) is 13.5 Å². The molecule has 0 spiro atoms. The Morgan fingerprint density at radius 3 is 2.69 bits per heavy atom. The zero-order valence-corrected chi connectivity index (χ0v) is 9.73. The fourth-order valence-electron chi connectivity index (χ4n) is 1.28. The summed E-state index contributed by atoms with van der Waals surface area (Å²) in [6.07, 6.45) is 0. The maximum absolute atomic E-state index is 9.13. The summed E-state index contributed by atoms with van der Waals surface area (Å²) >= 11 is 0. The normalized spacial score (nSPS) is 10.2. The molecule has 0 aliphatic heterocycles. The van der Waals surface area contributed by atoms with Gasteiger partial charge in [0.15, 0.2) is 0 Å². The first-order valence-electron chi connectivity index (χ1n) is 5.30. The van der Waals surface area contributed by atoms with Gasteiger partial charge in [0.1, 0.15) is 18.1 Å². The molecular formula is C12H18O4. The van der Waals surface area contributed by atoms with Crippen LogP contribution in [0.5, 0.6) is 11.5 Å². The quantitative estimate of drug-likeness (QED) is 0.717. The first-order valence-corrected chi connectivity index (χ1v) is 5.30. The summed E-state index contributed by atoms with van der Waals surface area (Å²) in [4.78, 5) is 0. The Hall–Kier alpha value is -1.26. The van der Waals surface area contributed by atoms with Crippen LogP contribution in [-0.4, -0.2) is 32.0 Å². The molecule has 1 rings (SSSR count). The van der Waals surface area contributed by atoms with E-state index in [1.54, 1.807) is 25.3 Å². The molecule has 16 heavy (non-hydrogen) atoms. The molecule has 0 fully saturated rings. The number of rotatable bonds is 7. The molecule has 1 aromatic carbocycles. The van der Waals surface area contributed by atoms with Crippen LogP contribution in [0.1, 0.15) is 12.5 Å². The van der Waals surface area contributed by atoms with Crippen molar-refractivity contribution in [2.75, 3.05) is 26.9 Å². The summed E-state index contributed by atoms with van der Waals surface area (Å²) in [5.41, 5.74) is 0.747. The SMILES string of the molecule is CCOCCOc1cc(OC)ccc1CO. The van der Waals surface area contributed by atoms with Gasteiger partial charge in [-0.3, -0.25) is 0 Å². The lowest BCUT2D eigenvalue weighted by Gasteiger charge is -2.11. The molecule has 4 nitrogen and oxygen atoms in total. The van der Waals surface area contributed by atoms with Gasteiger partial charge < -0.3 is 19.3 Å². The van der Waals surface area contributed by atoms with E-state index in [1.165, 1.54) is 0 Å². The number of aliphatic hydroxyl groups is 1. The smallest absolute Gasteiger partial charge is 0.128 e. The fourth-order valence-corrected chi connectivity index (χ4v) is 1.28. The Labute approximate surface area is 95.8 Å². The van der Waals surface area contributed by atoms with E-state index in [9.17, 15) is 0 Å². The number of hydrogen-bond acceptors (Lipinski definition) is 4. The number of aliphatic hydroxyl groups excluding tert-OH is 1. The van der Waals surface area contributed by atoms with Gasteiger partial charge in [-0.2, -0.15) is 0 Å². The van der Waals surface area contributed by atoms with Gasteiger partial charge in [0.05, 0.1) is 20.3 Å². The minimum atomic E-state index is -0.0477. The number of benzene rings is 1. The average molecular weight is 226 g/mol. The topological polar surface area (TPSA) is 47.9 Å². The van der Waals surface area contributed by atoms with Gasteiger partial charge in [-0.05, 0) is 19.1 Å². The van der Waals surface area contributed by atoms with E-state index >= 15 is 0 Å². The van der Waals surface area contributed by atoms with E-state index in [2.05, 4.69) is 0 Å². The molecule has 90 valence electrons. The molecule has 0 saturated heterocycles. The summed E-state index contributed by atoms with van der Waals surface area (Å²) in [6.45, 7) is 3.57. The molecular weight excluding hydrogens is 208 g/mol. The number of hydrogen-bond donors (Lipinski definition) is 1. The third kappa shape index (κ3) is 3.72. The van der Waals surface area contributed by atoms with Crippen LogP contribution in [-0.2, 0) is 11.3 Å². The van der Waals surface area contributed by atoms with E-state index in [0.29, 0.717) is 31.3 Å². The highest BCUT2D eigenvalue weighted by molar-refractivity contribution is 5.40. The van der Waals surface area contributed by atoms with Crippen LogP contribution in [0.15, 0.2) is 18.2 Å². The van der Waals surface area contributed by atoms with E-state index in [-0.39, 0.29) is 6.61 Å². The molecule has 1 aromatic rings. The minimum Gasteiger partial charge on any atom is -0.497 e. The van der Waals surface area contributed by atoms with Gasteiger partial charge in [-0.1, -0.05) is 0 Å². The lowest BCUT2D eigenvalue weighted by molar-refractivity contribution is 0.109. The van der Waals surface area contributed by atoms with Gasteiger partial charge in [-0.25, -0.2) is 0 Å². The zero-order valence-electron chi connectivity index (χ0n) is 9.73. The van der Waals surface area contributed by atoms with Crippen LogP contribution in [0, 0.1) is 0 Å². The summed E-state index contributed by atoms with van der Waals surface area (Å²) in [6, 6.07) is 5.34. The van der Waals surface area contributed by atoms with Crippen LogP contribution < -0.4 is 9.47 Å².